The molecule has 2 aromatic heterocycles. The minimum Gasteiger partial charge on any atom is -0.274 e. The summed E-state index contributed by atoms with van der Waals surface area (Å²) >= 11 is 0. The van der Waals surface area contributed by atoms with Gasteiger partial charge in [-0.15, -0.1) is 0 Å². The second kappa shape index (κ2) is 10.2. The Balaban J connectivity index is 1.59. The fraction of sp³-hybridized carbons (Fsp3) is 0.0833. The molecule has 4 aromatic rings. The number of hydrogen-bond donors (Lipinski definition) is 1. The first-order chi connectivity index (χ1) is 16.8. The van der Waals surface area contributed by atoms with Crippen LogP contribution >= 0.6 is 0 Å². The molecule has 11 heteroatoms. The van der Waals surface area contributed by atoms with Gasteiger partial charge in [0.2, 0.25) is 5.91 Å². The molecular formula is C24H20N6O4S. The van der Waals surface area contributed by atoms with Crippen molar-refractivity contribution >= 4 is 27.5 Å². The van der Waals surface area contributed by atoms with Gasteiger partial charge in [-0.1, -0.05) is 30.3 Å². The van der Waals surface area contributed by atoms with Crippen LogP contribution in [-0.4, -0.2) is 35.0 Å². The quantitative estimate of drug-likeness (QED) is 0.394. The van der Waals surface area contributed by atoms with E-state index in [1.54, 1.807) is 30.7 Å². The number of hydrogen-bond acceptors (Lipinski definition) is 8. The minimum absolute atomic E-state index is 0.0612. The van der Waals surface area contributed by atoms with Crippen LogP contribution in [0.3, 0.4) is 0 Å². The van der Waals surface area contributed by atoms with E-state index in [4.69, 9.17) is 0 Å². The van der Waals surface area contributed by atoms with E-state index in [1.165, 1.54) is 28.9 Å². The van der Waals surface area contributed by atoms with Crippen LogP contribution in [0.25, 0.3) is 11.3 Å². The van der Waals surface area contributed by atoms with Gasteiger partial charge in [0, 0.05) is 36.0 Å². The summed E-state index contributed by atoms with van der Waals surface area (Å²) in [6, 6.07) is 18.2. The van der Waals surface area contributed by atoms with E-state index in [0.29, 0.717) is 22.5 Å². The molecule has 176 valence electrons. The summed E-state index contributed by atoms with van der Waals surface area (Å²) in [5.74, 6) is -0.976. The fourth-order valence-electron chi connectivity index (χ4n) is 3.31. The number of benzene rings is 2. The van der Waals surface area contributed by atoms with Crippen LogP contribution < -0.4 is 4.72 Å². The molecule has 2 heterocycles. The summed E-state index contributed by atoms with van der Waals surface area (Å²) in [5.41, 5.74) is 2.96. The van der Waals surface area contributed by atoms with E-state index in [0.717, 1.165) is 12.5 Å². The van der Waals surface area contributed by atoms with Gasteiger partial charge in [-0.3, -0.25) is 14.6 Å². The normalized spacial score (nSPS) is 11.5. The lowest BCUT2D eigenvalue weighted by Gasteiger charge is -2.08. The minimum atomic E-state index is -3.92. The number of carbonyl (C=O) groups excluding carboxylic acids is 2. The Morgan fingerprint density at radius 1 is 0.971 bits per heavy atom. The Morgan fingerprint density at radius 2 is 1.66 bits per heavy atom. The monoisotopic (exact) mass is 488 g/mol. The summed E-state index contributed by atoms with van der Waals surface area (Å²) in [7, 11) is -3.92. The standard InChI is InChI=1S/C24H20N6O4S/c1-17(31)29-35(33,34)22-9-7-21(8-10-22)28-26-15-20-16-27-30(23(20)18-5-3-2-4-6-18)24(32)19-11-13-25-14-12-19/h2-14,16H,15H2,1H3,(H,29,31). The van der Waals surface area contributed by atoms with Gasteiger partial charge in [0.1, 0.15) is 0 Å². The Kier molecular flexibility index (Phi) is 6.88. The zero-order valence-corrected chi connectivity index (χ0v) is 19.4. The van der Waals surface area contributed by atoms with E-state index in [-0.39, 0.29) is 17.3 Å². The molecule has 0 spiro atoms. The number of carbonyl (C=O) groups is 2. The second-order valence-corrected chi connectivity index (χ2v) is 9.07. The molecule has 1 amide bonds. The van der Waals surface area contributed by atoms with Crippen molar-refractivity contribution in [2.24, 2.45) is 10.2 Å². The van der Waals surface area contributed by atoms with Crippen LogP contribution in [0.15, 0.2) is 100 Å². The maximum Gasteiger partial charge on any atom is 0.278 e. The predicted molar refractivity (Wildman–Crippen MR) is 127 cm³/mol. The van der Waals surface area contributed by atoms with Crippen molar-refractivity contribution in [3.63, 3.8) is 0 Å². The van der Waals surface area contributed by atoms with Gasteiger partial charge in [0.25, 0.3) is 15.9 Å². The summed E-state index contributed by atoms with van der Waals surface area (Å²) in [5, 5.41) is 12.7. The molecule has 35 heavy (non-hydrogen) atoms. The Bertz CT molecular complexity index is 1480. The largest absolute Gasteiger partial charge is 0.278 e. The lowest BCUT2D eigenvalue weighted by molar-refractivity contribution is -0.117. The highest BCUT2D eigenvalue weighted by atomic mass is 32.2. The summed E-state index contributed by atoms with van der Waals surface area (Å²) in [6.45, 7) is 1.26. The van der Waals surface area contributed by atoms with Crippen LogP contribution in [0.2, 0.25) is 0 Å². The lowest BCUT2D eigenvalue weighted by atomic mass is 10.1. The third kappa shape index (κ3) is 5.53. The molecule has 0 radical (unpaired) electrons. The van der Waals surface area contributed by atoms with Gasteiger partial charge in [-0.05, 0) is 36.4 Å². The van der Waals surface area contributed by atoms with Crippen molar-refractivity contribution in [2.45, 2.75) is 18.4 Å². The third-order valence-corrected chi connectivity index (χ3v) is 6.31. The van der Waals surface area contributed by atoms with Gasteiger partial charge in [-0.25, -0.2) is 13.1 Å². The number of nitrogens with one attached hydrogen (secondary N) is 1. The SMILES string of the molecule is CC(=O)NS(=O)(=O)c1ccc(N=NCc2cnn(C(=O)c3ccncc3)c2-c2ccccc2)cc1. The van der Waals surface area contributed by atoms with Crippen LogP contribution in [0.4, 0.5) is 5.69 Å². The molecule has 1 N–H and O–H groups in total. The molecule has 0 fully saturated rings. The van der Waals surface area contributed by atoms with Gasteiger partial charge >= 0.3 is 0 Å². The molecule has 0 aliphatic heterocycles. The van der Waals surface area contributed by atoms with Gasteiger partial charge in [0.05, 0.1) is 29.0 Å². The number of azo groups is 1. The second-order valence-electron chi connectivity index (χ2n) is 7.39. The number of rotatable bonds is 7. The highest BCUT2D eigenvalue weighted by Crippen LogP contribution is 2.26. The lowest BCUT2D eigenvalue weighted by Crippen LogP contribution is -2.28. The topological polar surface area (TPSA) is 136 Å². The van der Waals surface area contributed by atoms with Gasteiger partial charge in [0.15, 0.2) is 0 Å². The van der Waals surface area contributed by atoms with Crippen molar-refractivity contribution in [1.29, 1.82) is 0 Å². The average Bonchev–Trinajstić information content (AvgIpc) is 3.28. The van der Waals surface area contributed by atoms with Crippen LogP contribution in [-0.2, 0) is 21.4 Å². The Hall–Kier alpha value is -4.51. The molecule has 0 unspecified atom stereocenters. The molecule has 0 bridgehead atoms. The maximum atomic E-state index is 13.1. The number of sulfonamides is 1. The molecule has 0 aliphatic carbocycles. The first kappa shape index (κ1) is 23.6. The van der Waals surface area contributed by atoms with Crippen LogP contribution in [0, 0.1) is 0 Å². The summed E-state index contributed by atoms with van der Waals surface area (Å²) in [4.78, 5) is 28.0. The van der Waals surface area contributed by atoms with E-state index < -0.39 is 15.9 Å². The van der Waals surface area contributed by atoms with Crippen molar-refractivity contribution < 1.29 is 18.0 Å². The van der Waals surface area contributed by atoms with E-state index in [9.17, 15) is 18.0 Å². The van der Waals surface area contributed by atoms with Crippen LogP contribution in [0.1, 0.15) is 22.8 Å². The molecule has 0 atom stereocenters. The highest BCUT2D eigenvalue weighted by molar-refractivity contribution is 7.90. The number of aromatic nitrogens is 3. The van der Waals surface area contributed by atoms with E-state index >= 15 is 0 Å². The molecule has 10 nitrogen and oxygen atoms in total. The summed E-state index contributed by atoms with van der Waals surface area (Å²) < 4.78 is 27.4. The number of nitrogens with zero attached hydrogens (tertiary/aromatic N) is 5. The maximum absolute atomic E-state index is 13.1. The smallest absolute Gasteiger partial charge is 0.274 e. The Labute approximate surface area is 201 Å². The van der Waals surface area contributed by atoms with Crippen molar-refractivity contribution in [2.75, 3.05) is 0 Å². The Morgan fingerprint density at radius 3 is 2.31 bits per heavy atom. The number of pyridine rings is 1. The molecule has 0 saturated carbocycles. The molecule has 4 rings (SSSR count). The number of amides is 1. The fourth-order valence-corrected chi connectivity index (χ4v) is 4.30. The molecule has 2 aromatic carbocycles. The van der Waals surface area contributed by atoms with Crippen molar-refractivity contribution in [3.8, 4) is 11.3 Å². The first-order valence-electron chi connectivity index (χ1n) is 10.4. The first-order valence-corrected chi connectivity index (χ1v) is 11.9. The van der Waals surface area contributed by atoms with E-state index in [1.807, 2.05) is 35.1 Å². The van der Waals surface area contributed by atoms with Gasteiger partial charge in [-0.2, -0.15) is 20.0 Å². The molecule has 0 saturated heterocycles. The predicted octanol–water partition coefficient (Wildman–Crippen LogP) is 3.74. The molecular weight excluding hydrogens is 468 g/mol. The van der Waals surface area contributed by atoms with Crippen molar-refractivity contribution in [3.05, 3.63) is 96.4 Å². The zero-order valence-electron chi connectivity index (χ0n) is 18.6. The van der Waals surface area contributed by atoms with Crippen molar-refractivity contribution in [1.82, 2.24) is 19.5 Å². The van der Waals surface area contributed by atoms with Gasteiger partial charge < -0.3 is 0 Å². The third-order valence-electron chi connectivity index (χ3n) is 4.86. The highest BCUT2D eigenvalue weighted by Gasteiger charge is 2.19. The zero-order chi connectivity index (χ0) is 24.8. The van der Waals surface area contributed by atoms with E-state index in [2.05, 4.69) is 20.3 Å². The van der Waals surface area contributed by atoms with Crippen LogP contribution in [0.5, 0.6) is 0 Å². The average molecular weight is 489 g/mol. The molecule has 0 aliphatic rings. The summed E-state index contributed by atoms with van der Waals surface area (Å²) in [6.07, 6.45) is 4.66.